The van der Waals surface area contributed by atoms with Gasteiger partial charge in [0.2, 0.25) is 0 Å². The molecule has 0 fully saturated rings. The smallest absolute Gasteiger partial charge is 0.264 e. The Hall–Kier alpha value is -2.88. The summed E-state index contributed by atoms with van der Waals surface area (Å²) >= 11 is 9.28. The van der Waals surface area contributed by atoms with Gasteiger partial charge >= 0.3 is 0 Å². The number of ether oxygens (including phenoxy) is 1. The third-order valence-corrected chi connectivity index (χ3v) is 6.89. The highest BCUT2D eigenvalue weighted by molar-refractivity contribution is 9.10. The highest BCUT2D eigenvalue weighted by Crippen LogP contribution is 2.26. The van der Waals surface area contributed by atoms with Crippen LogP contribution in [0.2, 0.25) is 5.02 Å². The summed E-state index contributed by atoms with van der Waals surface area (Å²) in [6, 6.07) is 19.4. The van der Waals surface area contributed by atoms with E-state index in [9.17, 15) is 13.2 Å². The predicted octanol–water partition coefficient (Wildman–Crippen LogP) is 4.46. The lowest BCUT2D eigenvalue weighted by molar-refractivity contribution is -0.119. The van der Waals surface area contributed by atoms with Crippen LogP contribution >= 0.6 is 27.5 Å². The molecule has 0 aliphatic carbocycles. The van der Waals surface area contributed by atoms with Crippen molar-refractivity contribution in [2.75, 3.05) is 18.0 Å². The third kappa shape index (κ3) is 6.09. The van der Waals surface area contributed by atoms with Crippen LogP contribution in [0.25, 0.3) is 0 Å². The van der Waals surface area contributed by atoms with Crippen LogP contribution < -0.4 is 14.5 Å². The van der Waals surface area contributed by atoms with Crippen molar-refractivity contribution in [3.63, 3.8) is 0 Å². The van der Waals surface area contributed by atoms with E-state index in [-0.39, 0.29) is 10.6 Å². The number of amides is 1. The minimum absolute atomic E-state index is 0.0133. The summed E-state index contributed by atoms with van der Waals surface area (Å²) in [6.07, 6.45) is 1.47. The molecule has 0 aliphatic heterocycles. The van der Waals surface area contributed by atoms with Crippen LogP contribution in [0.15, 0.2) is 87.3 Å². The molecule has 166 valence electrons. The molecule has 0 bridgehead atoms. The molecule has 0 unspecified atom stereocenters. The van der Waals surface area contributed by atoms with Gasteiger partial charge in [-0.25, -0.2) is 13.8 Å². The van der Waals surface area contributed by atoms with Gasteiger partial charge in [-0.15, -0.1) is 0 Å². The number of anilines is 1. The number of methoxy groups -OCH3 is 1. The van der Waals surface area contributed by atoms with Crippen molar-refractivity contribution < 1.29 is 17.9 Å². The summed E-state index contributed by atoms with van der Waals surface area (Å²) in [5.41, 5.74) is 3.43. The molecule has 0 heterocycles. The number of nitrogens with zero attached hydrogens (tertiary/aromatic N) is 2. The fourth-order valence-electron chi connectivity index (χ4n) is 2.69. The molecule has 0 aromatic heterocycles. The highest BCUT2D eigenvalue weighted by Gasteiger charge is 2.27. The van der Waals surface area contributed by atoms with Gasteiger partial charge in [0.1, 0.15) is 12.3 Å². The van der Waals surface area contributed by atoms with Crippen LogP contribution in [0.5, 0.6) is 5.75 Å². The number of sulfonamides is 1. The SMILES string of the molecule is COc1ccc(S(=O)(=O)N(CC(=O)N/N=C\c2ccc(Br)cc2)c2ccc(Cl)cc2)cc1. The molecule has 1 amide bonds. The number of carbonyl (C=O) groups excluding carboxylic acids is 1. The predicted molar refractivity (Wildman–Crippen MR) is 129 cm³/mol. The quantitative estimate of drug-likeness (QED) is 0.340. The Labute approximate surface area is 199 Å². The van der Waals surface area contributed by atoms with Gasteiger partial charge in [-0.2, -0.15) is 5.10 Å². The Kier molecular flexibility index (Phi) is 7.89. The van der Waals surface area contributed by atoms with Crippen molar-refractivity contribution in [1.29, 1.82) is 0 Å². The van der Waals surface area contributed by atoms with Gasteiger partial charge in [0, 0.05) is 9.50 Å². The third-order valence-electron chi connectivity index (χ3n) is 4.32. The van der Waals surface area contributed by atoms with E-state index in [2.05, 4.69) is 26.5 Å². The largest absolute Gasteiger partial charge is 0.497 e. The van der Waals surface area contributed by atoms with Crippen LogP contribution in [0, 0.1) is 0 Å². The number of hydrogen-bond acceptors (Lipinski definition) is 5. The van der Waals surface area contributed by atoms with Crippen molar-refractivity contribution in [2.45, 2.75) is 4.90 Å². The number of hydrazone groups is 1. The fourth-order valence-corrected chi connectivity index (χ4v) is 4.50. The molecule has 0 aliphatic rings. The number of nitrogens with one attached hydrogen (secondary N) is 1. The molecule has 1 N–H and O–H groups in total. The van der Waals surface area contributed by atoms with Crippen LogP contribution in [0.1, 0.15) is 5.56 Å². The van der Waals surface area contributed by atoms with Gasteiger partial charge in [-0.05, 0) is 66.2 Å². The van der Waals surface area contributed by atoms with Gasteiger partial charge in [0.25, 0.3) is 15.9 Å². The lowest BCUT2D eigenvalue weighted by Gasteiger charge is -2.23. The Morgan fingerprint density at radius 2 is 1.69 bits per heavy atom. The van der Waals surface area contributed by atoms with Crippen molar-refractivity contribution in [3.05, 3.63) is 87.9 Å². The minimum Gasteiger partial charge on any atom is -0.497 e. The molecule has 3 aromatic carbocycles. The first-order valence-electron chi connectivity index (χ1n) is 9.29. The highest BCUT2D eigenvalue weighted by atomic mass is 79.9. The van der Waals surface area contributed by atoms with E-state index >= 15 is 0 Å². The first-order valence-corrected chi connectivity index (χ1v) is 11.9. The van der Waals surface area contributed by atoms with E-state index in [1.807, 2.05) is 24.3 Å². The summed E-state index contributed by atoms with van der Waals surface area (Å²) in [4.78, 5) is 12.5. The van der Waals surface area contributed by atoms with E-state index < -0.39 is 22.5 Å². The van der Waals surface area contributed by atoms with E-state index in [0.717, 1.165) is 14.3 Å². The average molecular weight is 537 g/mol. The zero-order chi connectivity index (χ0) is 23.1. The number of carbonyl (C=O) groups is 1. The summed E-state index contributed by atoms with van der Waals surface area (Å²) in [7, 11) is -2.56. The van der Waals surface area contributed by atoms with E-state index in [1.165, 1.54) is 49.7 Å². The lowest BCUT2D eigenvalue weighted by Crippen LogP contribution is -2.39. The fraction of sp³-hybridized carbons (Fsp3) is 0.0909. The molecule has 3 aromatic rings. The van der Waals surface area contributed by atoms with Crippen molar-refractivity contribution >= 4 is 55.4 Å². The Balaban J connectivity index is 1.83. The maximum absolute atomic E-state index is 13.3. The second-order valence-corrected chi connectivity index (χ2v) is 9.72. The lowest BCUT2D eigenvalue weighted by atomic mass is 10.2. The normalized spacial score (nSPS) is 11.3. The first kappa shape index (κ1) is 23.8. The van der Waals surface area contributed by atoms with Gasteiger partial charge in [0.15, 0.2) is 0 Å². The molecule has 0 atom stereocenters. The monoisotopic (exact) mass is 535 g/mol. The van der Waals surface area contributed by atoms with Crippen molar-refractivity contribution in [1.82, 2.24) is 5.43 Å². The van der Waals surface area contributed by atoms with Crippen molar-refractivity contribution in [3.8, 4) is 5.75 Å². The molecule has 0 saturated carbocycles. The second kappa shape index (κ2) is 10.6. The summed E-state index contributed by atoms with van der Waals surface area (Å²) in [5, 5.41) is 4.35. The van der Waals surface area contributed by atoms with Gasteiger partial charge in [0.05, 0.1) is 23.9 Å². The molecule has 10 heteroatoms. The van der Waals surface area contributed by atoms with Gasteiger partial charge in [-0.1, -0.05) is 39.7 Å². The molecular formula is C22H19BrClN3O4S. The van der Waals surface area contributed by atoms with Crippen LogP contribution in [-0.2, 0) is 14.8 Å². The Bertz CT molecular complexity index is 1200. The number of rotatable bonds is 8. The molecule has 32 heavy (non-hydrogen) atoms. The maximum Gasteiger partial charge on any atom is 0.264 e. The van der Waals surface area contributed by atoms with Gasteiger partial charge < -0.3 is 4.74 Å². The van der Waals surface area contributed by atoms with Crippen LogP contribution in [0.3, 0.4) is 0 Å². The molecule has 0 spiro atoms. The number of benzene rings is 3. The van der Waals surface area contributed by atoms with Crippen LogP contribution in [-0.4, -0.2) is 34.2 Å². The average Bonchev–Trinajstić information content (AvgIpc) is 2.79. The summed E-state index contributed by atoms with van der Waals surface area (Å²) in [6.45, 7) is -0.478. The topological polar surface area (TPSA) is 88.1 Å². The van der Waals surface area contributed by atoms with Crippen LogP contribution in [0.4, 0.5) is 5.69 Å². The second-order valence-electron chi connectivity index (χ2n) is 6.51. The van der Waals surface area contributed by atoms with E-state index in [1.54, 1.807) is 12.1 Å². The maximum atomic E-state index is 13.3. The minimum atomic E-state index is -4.05. The molecule has 0 saturated heterocycles. The van der Waals surface area contributed by atoms with Gasteiger partial charge in [-0.3, -0.25) is 9.10 Å². The molecule has 3 rings (SSSR count). The zero-order valence-electron chi connectivity index (χ0n) is 16.9. The molecule has 0 radical (unpaired) electrons. The summed E-state index contributed by atoms with van der Waals surface area (Å²) in [5.74, 6) is -0.0904. The first-order chi connectivity index (χ1) is 15.3. The molecular weight excluding hydrogens is 518 g/mol. The summed E-state index contributed by atoms with van der Waals surface area (Å²) < 4.78 is 33.6. The number of halogens is 2. The zero-order valence-corrected chi connectivity index (χ0v) is 20.1. The Morgan fingerprint density at radius 3 is 2.28 bits per heavy atom. The molecule has 7 nitrogen and oxygen atoms in total. The Morgan fingerprint density at radius 1 is 1.06 bits per heavy atom. The van der Waals surface area contributed by atoms with Crippen molar-refractivity contribution in [2.24, 2.45) is 5.10 Å². The van der Waals surface area contributed by atoms with E-state index in [0.29, 0.717) is 10.8 Å². The number of hydrogen-bond donors (Lipinski definition) is 1. The standard InChI is InChI=1S/C22H19BrClN3O4S/c1-31-20-10-12-21(13-11-20)32(29,30)27(19-8-6-18(24)7-9-19)15-22(28)26-25-14-16-2-4-17(23)5-3-16/h2-14H,15H2,1H3,(H,26,28)/b25-14-. The van der Waals surface area contributed by atoms with E-state index in [4.69, 9.17) is 16.3 Å².